The summed E-state index contributed by atoms with van der Waals surface area (Å²) in [6.45, 7) is 7.93. The van der Waals surface area contributed by atoms with Crippen LogP contribution in [-0.2, 0) is 11.2 Å². The number of carbonyl (C=O) groups is 1. The van der Waals surface area contributed by atoms with Gasteiger partial charge in [0.15, 0.2) is 0 Å². The second-order valence-corrected chi connectivity index (χ2v) is 6.40. The maximum absolute atomic E-state index is 12.1. The van der Waals surface area contributed by atoms with Gasteiger partial charge >= 0.3 is 0 Å². The number of anilines is 1. The van der Waals surface area contributed by atoms with Gasteiger partial charge in [-0.25, -0.2) is 0 Å². The van der Waals surface area contributed by atoms with Crippen molar-refractivity contribution in [3.8, 4) is 0 Å². The van der Waals surface area contributed by atoms with Crippen LogP contribution in [0.5, 0.6) is 0 Å². The van der Waals surface area contributed by atoms with E-state index in [9.17, 15) is 4.79 Å². The quantitative estimate of drug-likeness (QED) is 0.899. The molecule has 0 aliphatic heterocycles. The standard InChI is InChI=1S/C14H21BrN2O/c1-5-9-8-10(15)6-7-11(9)17-13(18)12(16)14(2,3)4/h6-8,12H,5,16H2,1-4H3,(H,17,18)/t12-/m1/s1. The number of halogens is 1. The summed E-state index contributed by atoms with van der Waals surface area (Å²) in [5.74, 6) is -0.139. The van der Waals surface area contributed by atoms with E-state index in [1.807, 2.05) is 39.0 Å². The summed E-state index contributed by atoms with van der Waals surface area (Å²) in [4.78, 5) is 12.1. The lowest BCUT2D eigenvalue weighted by Gasteiger charge is -2.26. The average molecular weight is 313 g/mol. The molecule has 0 aliphatic rings. The third kappa shape index (κ3) is 3.82. The topological polar surface area (TPSA) is 55.1 Å². The lowest BCUT2D eigenvalue weighted by molar-refractivity contribution is -0.119. The SMILES string of the molecule is CCc1cc(Br)ccc1NC(=O)[C@@H](N)C(C)(C)C. The Kier molecular flexibility index (Phi) is 4.93. The van der Waals surface area contributed by atoms with Crippen LogP contribution in [0.4, 0.5) is 5.69 Å². The fraction of sp³-hybridized carbons (Fsp3) is 0.500. The van der Waals surface area contributed by atoms with Crippen molar-refractivity contribution in [1.29, 1.82) is 0 Å². The third-order valence-corrected chi connectivity index (χ3v) is 3.41. The van der Waals surface area contributed by atoms with Gasteiger partial charge in [0.1, 0.15) is 0 Å². The van der Waals surface area contributed by atoms with E-state index in [1.54, 1.807) is 0 Å². The van der Waals surface area contributed by atoms with Gasteiger partial charge in [0, 0.05) is 10.2 Å². The molecule has 0 heterocycles. The molecule has 0 saturated heterocycles. The van der Waals surface area contributed by atoms with Gasteiger partial charge in [0.05, 0.1) is 6.04 Å². The summed E-state index contributed by atoms with van der Waals surface area (Å²) < 4.78 is 1.01. The average Bonchev–Trinajstić information content (AvgIpc) is 2.29. The summed E-state index contributed by atoms with van der Waals surface area (Å²) in [7, 11) is 0. The van der Waals surface area contributed by atoms with E-state index in [-0.39, 0.29) is 11.3 Å². The highest BCUT2D eigenvalue weighted by Crippen LogP contribution is 2.23. The minimum absolute atomic E-state index is 0.139. The van der Waals surface area contributed by atoms with Gasteiger partial charge in [-0.3, -0.25) is 4.79 Å². The molecule has 3 nitrogen and oxygen atoms in total. The van der Waals surface area contributed by atoms with E-state index in [4.69, 9.17) is 5.73 Å². The molecule has 1 aromatic rings. The molecule has 1 amide bonds. The molecular weight excluding hydrogens is 292 g/mol. The van der Waals surface area contributed by atoms with Crippen molar-refractivity contribution in [3.63, 3.8) is 0 Å². The molecule has 0 saturated carbocycles. The van der Waals surface area contributed by atoms with Crippen LogP contribution in [-0.4, -0.2) is 11.9 Å². The first kappa shape index (κ1) is 15.2. The van der Waals surface area contributed by atoms with Crippen molar-refractivity contribution >= 4 is 27.5 Å². The molecule has 1 aromatic carbocycles. The van der Waals surface area contributed by atoms with Crippen LogP contribution in [0.2, 0.25) is 0 Å². The normalized spacial score (nSPS) is 13.2. The number of amides is 1. The monoisotopic (exact) mass is 312 g/mol. The van der Waals surface area contributed by atoms with E-state index in [2.05, 4.69) is 28.2 Å². The smallest absolute Gasteiger partial charge is 0.241 e. The molecule has 0 aromatic heterocycles. The molecule has 0 fully saturated rings. The van der Waals surface area contributed by atoms with Crippen molar-refractivity contribution in [3.05, 3.63) is 28.2 Å². The molecule has 0 unspecified atom stereocenters. The lowest BCUT2D eigenvalue weighted by atomic mass is 9.87. The predicted molar refractivity (Wildman–Crippen MR) is 79.6 cm³/mol. The highest BCUT2D eigenvalue weighted by atomic mass is 79.9. The molecule has 18 heavy (non-hydrogen) atoms. The molecule has 3 N–H and O–H groups in total. The minimum Gasteiger partial charge on any atom is -0.324 e. The van der Waals surface area contributed by atoms with Gasteiger partial charge in [-0.05, 0) is 35.6 Å². The van der Waals surface area contributed by atoms with E-state index in [0.29, 0.717) is 0 Å². The van der Waals surface area contributed by atoms with Crippen molar-refractivity contribution in [2.24, 2.45) is 11.1 Å². The van der Waals surface area contributed by atoms with Crippen LogP contribution in [0.25, 0.3) is 0 Å². The number of rotatable bonds is 3. The first-order valence-corrected chi connectivity index (χ1v) is 6.90. The number of benzene rings is 1. The molecule has 100 valence electrons. The van der Waals surface area contributed by atoms with Gasteiger partial charge in [-0.15, -0.1) is 0 Å². The molecule has 1 atom stereocenters. The minimum atomic E-state index is -0.522. The van der Waals surface area contributed by atoms with Gasteiger partial charge < -0.3 is 11.1 Å². The van der Waals surface area contributed by atoms with Crippen LogP contribution in [0.1, 0.15) is 33.3 Å². The number of nitrogens with two attached hydrogens (primary N) is 1. The first-order valence-electron chi connectivity index (χ1n) is 6.10. The zero-order valence-corrected chi connectivity index (χ0v) is 13.0. The van der Waals surface area contributed by atoms with Gasteiger partial charge in [-0.2, -0.15) is 0 Å². The van der Waals surface area contributed by atoms with E-state index >= 15 is 0 Å². The van der Waals surface area contributed by atoms with Crippen molar-refractivity contribution < 1.29 is 4.79 Å². The van der Waals surface area contributed by atoms with Crippen LogP contribution < -0.4 is 11.1 Å². The Balaban J connectivity index is 2.88. The molecule has 1 rings (SSSR count). The molecular formula is C14H21BrN2O. The second-order valence-electron chi connectivity index (χ2n) is 5.49. The van der Waals surface area contributed by atoms with Gasteiger partial charge in [-0.1, -0.05) is 43.6 Å². The number of nitrogens with one attached hydrogen (secondary N) is 1. The number of carbonyl (C=O) groups excluding carboxylic acids is 1. The number of hydrogen-bond donors (Lipinski definition) is 2. The molecule has 0 radical (unpaired) electrons. The van der Waals surface area contributed by atoms with Crippen LogP contribution in [0.15, 0.2) is 22.7 Å². The Hall–Kier alpha value is -0.870. The Morgan fingerprint density at radius 1 is 1.44 bits per heavy atom. The summed E-state index contributed by atoms with van der Waals surface area (Å²) in [6.07, 6.45) is 0.861. The van der Waals surface area contributed by atoms with Crippen LogP contribution >= 0.6 is 15.9 Å². The van der Waals surface area contributed by atoms with E-state index in [0.717, 1.165) is 22.1 Å². The number of hydrogen-bond acceptors (Lipinski definition) is 2. The van der Waals surface area contributed by atoms with Gasteiger partial charge in [0.25, 0.3) is 0 Å². The second kappa shape index (κ2) is 5.85. The summed E-state index contributed by atoms with van der Waals surface area (Å²) in [5.41, 5.74) is 7.63. The van der Waals surface area contributed by atoms with Gasteiger partial charge in [0.2, 0.25) is 5.91 Å². The zero-order chi connectivity index (χ0) is 13.9. The molecule has 0 spiro atoms. The maximum Gasteiger partial charge on any atom is 0.241 e. The van der Waals surface area contributed by atoms with Crippen molar-refractivity contribution in [1.82, 2.24) is 0 Å². The van der Waals surface area contributed by atoms with Crippen LogP contribution in [0.3, 0.4) is 0 Å². The summed E-state index contributed by atoms with van der Waals surface area (Å²) in [5, 5.41) is 2.91. The van der Waals surface area contributed by atoms with E-state index in [1.165, 1.54) is 0 Å². The lowest BCUT2D eigenvalue weighted by Crippen LogP contribution is -2.45. The Labute approximate surface area is 117 Å². The predicted octanol–water partition coefficient (Wildman–Crippen LogP) is 3.32. The van der Waals surface area contributed by atoms with Crippen molar-refractivity contribution in [2.45, 2.75) is 40.2 Å². The van der Waals surface area contributed by atoms with Crippen molar-refractivity contribution in [2.75, 3.05) is 5.32 Å². The fourth-order valence-corrected chi connectivity index (χ4v) is 1.99. The highest BCUT2D eigenvalue weighted by Gasteiger charge is 2.27. The Bertz CT molecular complexity index is 438. The highest BCUT2D eigenvalue weighted by molar-refractivity contribution is 9.10. The fourth-order valence-electron chi connectivity index (χ4n) is 1.58. The molecule has 0 aliphatic carbocycles. The summed E-state index contributed by atoms with van der Waals surface area (Å²) in [6, 6.07) is 5.30. The first-order chi connectivity index (χ1) is 8.25. The number of aryl methyl sites for hydroxylation is 1. The zero-order valence-electron chi connectivity index (χ0n) is 11.4. The largest absolute Gasteiger partial charge is 0.324 e. The molecule has 4 heteroatoms. The van der Waals surface area contributed by atoms with Crippen LogP contribution in [0, 0.1) is 5.41 Å². The third-order valence-electron chi connectivity index (χ3n) is 2.92. The van der Waals surface area contributed by atoms with E-state index < -0.39 is 6.04 Å². The maximum atomic E-state index is 12.1. The summed E-state index contributed by atoms with van der Waals surface area (Å²) >= 11 is 3.43. The molecule has 0 bridgehead atoms. The Morgan fingerprint density at radius 2 is 2.06 bits per heavy atom. The Morgan fingerprint density at radius 3 is 2.56 bits per heavy atom.